The van der Waals surface area contributed by atoms with Gasteiger partial charge in [-0.2, -0.15) is 0 Å². The maximum atomic E-state index is 9.58. The number of aliphatic hydroxyl groups is 1. The van der Waals surface area contributed by atoms with Gasteiger partial charge in [-0.05, 0) is 57.4 Å². The number of hydrogen-bond acceptors (Lipinski definition) is 3. The van der Waals surface area contributed by atoms with E-state index in [4.69, 9.17) is 0 Å². The van der Waals surface area contributed by atoms with Gasteiger partial charge in [0.05, 0.1) is 6.61 Å². The predicted molar refractivity (Wildman–Crippen MR) is 82.9 cm³/mol. The molecule has 2 rings (SSSR count). The van der Waals surface area contributed by atoms with Crippen molar-refractivity contribution in [2.75, 3.05) is 12.4 Å². The molecule has 1 aliphatic carbocycles. The van der Waals surface area contributed by atoms with Gasteiger partial charge in [0.25, 0.3) is 0 Å². The van der Waals surface area contributed by atoms with Crippen LogP contribution in [0.25, 0.3) is 0 Å². The quantitative estimate of drug-likeness (QED) is 0.751. The summed E-state index contributed by atoms with van der Waals surface area (Å²) in [6.07, 6.45) is 3.53. The van der Waals surface area contributed by atoms with Crippen molar-refractivity contribution in [1.82, 2.24) is 5.32 Å². The average Bonchev–Trinajstić information content (AvgIpc) is 3.16. The van der Waals surface area contributed by atoms with Crippen molar-refractivity contribution in [3.8, 4) is 0 Å². The van der Waals surface area contributed by atoms with Crippen LogP contribution < -0.4 is 5.32 Å². The summed E-state index contributed by atoms with van der Waals surface area (Å²) < 4.78 is 0. The van der Waals surface area contributed by atoms with E-state index in [9.17, 15) is 5.11 Å². The molecule has 3 heteroatoms. The Bertz CT molecular complexity index is 431. The molecule has 0 bridgehead atoms. The SMILES string of the molecule is Cc1ccc(SCCC(C)(CO)NC2CC2)c(C)c1. The summed E-state index contributed by atoms with van der Waals surface area (Å²) in [4.78, 5) is 1.36. The van der Waals surface area contributed by atoms with Crippen molar-refractivity contribution in [1.29, 1.82) is 0 Å². The highest BCUT2D eigenvalue weighted by Gasteiger charge is 2.31. The Hall–Kier alpha value is -0.510. The van der Waals surface area contributed by atoms with Crippen molar-refractivity contribution < 1.29 is 5.11 Å². The summed E-state index contributed by atoms with van der Waals surface area (Å²) in [6, 6.07) is 7.25. The van der Waals surface area contributed by atoms with E-state index in [-0.39, 0.29) is 12.1 Å². The lowest BCUT2D eigenvalue weighted by Gasteiger charge is -2.29. The largest absolute Gasteiger partial charge is 0.394 e. The smallest absolute Gasteiger partial charge is 0.0610 e. The minimum atomic E-state index is -0.118. The Morgan fingerprint density at radius 2 is 2.11 bits per heavy atom. The number of benzene rings is 1. The molecule has 0 heterocycles. The Morgan fingerprint density at radius 3 is 2.68 bits per heavy atom. The Kier molecular flexibility index (Phi) is 4.93. The summed E-state index contributed by atoms with van der Waals surface area (Å²) in [6.45, 7) is 6.65. The van der Waals surface area contributed by atoms with E-state index in [0.29, 0.717) is 6.04 Å². The van der Waals surface area contributed by atoms with Crippen LogP contribution in [0, 0.1) is 13.8 Å². The van der Waals surface area contributed by atoms with Crippen LogP contribution in [0.1, 0.15) is 37.3 Å². The molecule has 1 aromatic rings. The van der Waals surface area contributed by atoms with Crippen LogP contribution in [0.3, 0.4) is 0 Å². The molecule has 0 aliphatic heterocycles. The molecule has 106 valence electrons. The molecule has 0 amide bonds. The molecule has 2 N–H and O–H groups in total. The lowest BCUT2D eigenvalue weighted by Crippen LogP contribution is -2.47. The minimum absolute atomic E-state index is 0.118. The average molecular weight is 279 g/mol. The molecule has 1 saturated carbocycles. The summed E-state index contributed by atoms with van der Waals surface area (Å²) >= 11 is 1.89. The fraction of sp³-hybridized carbons (Fsp3) is 0.625. The van der Waals surface area contributed by atoms with Crippen LogP contribution in [0.5, 0.6) is 0 Å². The number of thioether (sulfide) groups is 1. The first-order valence-corrected chi connectivity index (χ1v) is 8.09. The first-order chi connectivity index (χ1) is 9.02. The number of aryl methyl sites for hydroxylation is 2. The lowest BCUT2D eigenvalue weighted by atomic mass is 10.0. The summed E-state index contributed by atoms with van der Waals surface area (Å²) in [5, 5.41) is 13.1. The van der Waals surface area contributed by atoms with Gasteiger partial charge in [-0.1, -0.05) is 17.7 Å². The van der Waals surface area contributed by atoms with Gasteiger partial charge < -0.3 is 10.4 Å². The standard InChI is InChI=1S/C16H25NOS/c1-12-4-7-15(13(2)10-12)19-9-8-16(3,11-18)17-14-5-6-14/h4,7,10,14,17-18H,5-6,8-9,11H2,1-3H3. The molecule has 19 heavy (non-hydrogen) atoms. The molecular formula is C16H25NOS. The number of rotatable bonds is 7. The second kappa shape index (κ2) is 6.29. The van der Waals surface area contributed by atoms with Crippen molar-refractivity contribution in [2.24, 2.45) is 0 Å². The van der Waals surface area contributed by atoms with Crippen molar-refractivity contribution >= 4 is 11.8 Å². The molecular weight excluding hydrogens is 254 g/mol. The molecule has 0 radical (unpaired) electrons. The molecule has 2 nitrogen and oxygen atoms in total. The zero-order valence-corrected chi connectivity index (χ0v) is 13.0. The van der Waals surface area contributed by atoms with Crippen LogP contribution in [0.4, 0.5) is 0 Å². The van der Waals surface area contributed by atoms with E-state index in [1.165, 1.54) is 28.9 Å². The highest BCUT2D eigenvalue weighted by molar-refractivity contribution is 7.99. The van der Waals surface area contributed by atoms with E-state index in [1.807, 2.05) is 11.8 Å². The third-order valence-electron chi connectivity index (χ3n) is 3.72. The van der Waals surface area contributed by atoms with Gasteiger partial charge in [-0.25, -0.2) is 0 Å². The zero-order chi connectivity index (χ0) is 13.9. The fourth-order valence-electron chi connectivity index (χ4n) is 2.26. The Labute approximate surface area is 121 Å². The zero-order valence-electron chi connectivity index (χ0n) is 12.2. The minimum Gasteiger partial charge on any atom is -0.394 e. The van der Waals surface area contributed by atoms with Gasteiger partial charge >= 0.3 is 0 Å². The highest BCUT2D eigenvalue weighted by Crippen LogP contribution is 2.28. The van der Waals surface area contributed by atoms with E-state index in [2.05, 4.69) is 44.3 Å². The van der Waals surface area contributed by atoms with Gasteiger partial charge in [0.1, 0.15) is 0 Å². The number of nitrogens with one attached hydrogen (secondary N) is 1. The molecule has 1 unspecified atom stereocenters. The normalized spacial score (nSPS) is 18.3. The molecule has 1 aliphatic rings. The third-order valence-corrected chi connectivity index (χ3v) is 4.90. The van der Waals surface area contributed by atoms with Gasteiger partial charge in [0.15, 0.2) is 0 Å². The topological polar surface area (TPSA) is 32.3 Å². The lowest BCUT2D eigenvalue weighted by molar-refractivity contribution is 0.169. The molecule has 0 saturated heterocycles. The van der Waals surface area contributed by atoms with E-state index in [1.54, 1.807) is 0 Å². The van der Waals surface area contributed by atoms with Gasteiger partial charge in [0.2, 0.25) is 0 Å². The van der Waals surface area contributed by atoms with Crippen LogP contribution in [0.15, 0.2) is 23.1 Å². The Morgan fingerprint density at radius 1 is 1.37 bits per heavy atom. The number of hydrogen-bond donors (Lipinski definition) is 2. The fourth-order valence-corrected chi connectivity index (χ4v) is 3.49. The molecule has 1 aromatic carbocycles. The molecule has 1 fully saturated rings. The monoisotopic (exact) mass is 279 g/mol. The highest BCUT2D eigenvalue weighted by atomic mass is 32.2. The van der Waals surface area contributed by atoms with Gasteiger partial charge in [0, 0.05) is 16.5 Å². The summed E-state index contributed by atoms with van der Waals surface area (Å²) in [7, 11) is 0. The van der Waals surface area contributed by atoms with E-state index >= 15 is 0 Å². The van der Waals surface area contributed by atoms with E-state index in [0.717, 1.165) is 12.2 Å². The van der Waals surface area contributed by atoms with Crippen LogP contribution in [0.2, 0.25) is 0 Å². The van der Waals surface area contributed by atoms with Crippen LogP contribution in [-0.2, 0) is 0 Å². The molecule has 0 aromatic heterocycles. The number of aliphatic hydroxyl groups excluding tert-OH is 1. The van der Waals surface area contributed by atoms with Crippen LogP contribution >= 0.6 is 11.8 Å². The predicted octanol–water partition coefficient (Wildman–Crippen LogP) is 3.29. The van der Waals surface area contributed by atoms with Crippen molar-refractivity contribution in [3.63, 3.8) is 0 Å². The maximum Gasteiger partial charge on any atom is 0.0610 e. The van der Waals surface area contributed by atoms with Crippen molar-refractivity contribution in [2.45, 2.75) is 56.5 Å². The van der Waals surface area contributed by atoms with Gasteiger partial charge in [-0.3, -0.25) is 0 Å². The molecule has 0 spiro atoms. The maximum absolute atomic E-state index is 9.58. The molecule has 1 atom stereocenters. The van der Waals surface area contributed by atoms with Crippen molar-refractivity contribution in [3.05, 3.63) is 29.3 Å². The second-order valence-electron chi connectivity index (χ2n) is 6.00. The summed E-state index contributed by atoms with van der Waals surface area (Å²) in [5.74, 6) is 1.04. The Balaban J connectivity index is 1.84. The third kappa shape index (κ3) is 4.51. The van der Waals surface area contributed by atoms with E-state index < -0.39 is 0 Å². The second-order valence-corrected chi connectivity index (χ2v) is 7.14. The van der Waals surface area contributed by atoms with Gasteiger partial charge in [-0.15, -0.1) is 11.8 Å². The first kappa shape index (κ1) is 14.9. The summed E-state index contributed by atoms with van der Waals surface area (Å²) in [5.41, 5.74) is 2.55. The van der Waals surface area contributed by atoms with Crippen LogP contribution in [-0.4, -0.2) is 29.0 Å². The first-order valence-electron chi connectivity index (χ1n) is 7.11.